The van der Waals surface area contributed by atoms with Crippen LogP contribution in [0.1, 0.15) is 18.1 Å². The third-order valence-corrected chi connectivity index (χ3v) is 4.96. The number of hydrazone groups is 1. The lowest BCUT2D eigenvalue weighted by Crippen LogP contribution is -2.39. The number of benzene rings is 2. The van der Waals surface area contributed by atoms with Gasteiger partial charge in [0, 0.05) is 12.1 Å². The van der Waals surface area contributed by atoms with Crippen LogP contribution in [-0.2, 0) is 14.8 Å². The summed E-state index contributed by atoms with van der Waals surface area (Å²) in [6, 6.07) is 12.5. The zero-order valence-corrected chi connectivity index (χ0v) is 16.4. The van der Waals surface area contributed by atoms with Crippen LogP contribution in [0.25, 0.3) is 0 Å². The predicted molar refractivity (Wildman–Crippen MR) is 107 cm³/mol. The van der Waals surface area contributed by atoms with Gasteiger partial charge in [-0.1, -0.05) is 12.1 Å². The van der Waals surface area contributed by atoms with Gasteiger partial charge in [0.15, 0.2) is 0 Å². The monoisotopic (exact) mass is 404 g/mol. The maximum absolute atomic E-state index is 12.2. The van der Waals surface area contributed by atoms with Crippen molar-refractivity contribution in [1.82, 2.24) is 5.43 Å². The fourth-order valence-corrected chi connectivity index (χ4v) is 3.23. The number of amides is 1. The lowest BCUT2D eigenvalue weighted by atomic mass is 10.1. The van der Waals surface area contributed by atoms with E-state index in [0.29, 0.717) is 17.0 Å². The number of nitro groups is 1. The first kappa shape index (κ1) is 21.0. The van der Waals surface area contributed by atoms with Crippen LogP contribution < -0.4 is 9.73 Å². The Morgan fingerprint density at radius 3 is 2.39 bits per heavy atom. The molecule has 0 heterocycles. The summed E-state index contributed by atoms with van der Waals surface area (Å²) in [4.78, 5) is 22.4. The van der Waals surface area contributed by atoms with E-state index in [0.717, 1.165) is 16.1 Å². The molecule has 0 radical (unpaired) electrons. The van der Waals surface area contributed by atoms with E-state index in [4.69, 9.17) is 0 Å². The van der Waals surface area contributed by atoms with Gasteiger partial charge in [-0.05, 0) is 49.2 Å². The van der Waals surface area contributed by atoms with E-state index >= 15 is 0 Å². The summed E-state index contributed by atoms with van der Waals surface area (Å²) >= 11 is 0. The molecule has 1 N–H and O–H groups in total. The number of rotatable bonds is 7. The molecular formula is C18H20N4O5S. The molecule has 0 unspecified atom stereocenters. The minimum absolute atomic E-state index is 0.0532. The van der Waals surface area contributed by atoms with Gasteiger partial charge in [-0.3, -0.25) is 19.2 Å². The van der Waals surface area contributed by atoms with Crippen LogP contribution >= 0.6 is 0 Å². The number of hydrogen-bond donors (Lipinski definition) is 1. The van der Waals surface area contributed by atoms with Gasteiger partial charge in [0.05, 0.1) is 22.6 Å². The summed E-state index contributed by atoms with van der Waals surface area (Å²) < 4.78 is 25.2. The summed E-state index contributed by atoms with van der Waals surface area (Å²) in [5.41, 5.74) is 4.51. The second kappa shape index (κ2) is 8.61. The molecule has 0 aliphatic heterocycles. The average molecular weight is 404 g/mol. The van der Waals surface area contributed by atoms with Crippen LogP contribution in [0.4, 0.5) is 11.4 Å². The predicted octanol–water partition coefficient (Wildman–Crippen LogP) is 2.21. The van der Waals surface area contributed by atoms with E-state index in [9.17, 15) is 23.3 Å². The number of carbonyl (C=O) groups excluding carboxylic acids is 1. The summed E-state index contributed by atoms with van der Waals surface area (Å²) in [7, 11) is -3.67. The van der Waals surface area contributed by atoms with Gasteiger partial charge in [-0.2, -0.15) is 5.10 Å². The summed E-state index contributed by atoms with van der Waals surface area (Å²) in [6.07, 6.45) is 1.02. The Morgan fingerprint density at radius 1 is 1.21 bits per heavy atom. The molecule has 2 aromatic rings. The lowest BCUT2D eigenvalue weighted by molar-refractivity contribution is -0.384. The van der Waals surface area contributed by atoms with Crippen LogP contribution in [0.15, 0.2) is 53.6 Å². The van der Waals surface area contributed by atoms with Gasteiger partial charge in [0.25, 0.3) is 11.6 Å². The Bertz CT molecular complexity index is 1020. The van der Waals surface area contributed by atoms with Crippen molar-refractivity contribution in [2.45, 2.75) is 13.8 Å². The number of anilines is 1. The number of aryl methyl sites for hydroxylation is 1. The highest BCUT2D eigenvalue weighted by molar-refractivity contribution is 7.92. The summed E-state index contributed by atoms with van der Waals surface area (Å²) in [5.74, 6) is -0.617. The van der Waals surface area contributed by atoms with Crippen molar-refractivity contribution in [1.29, 1.82) is 0 Å². The first-order valence-electron chi connectivity index (χ1n) is 8.20. The quantitative estimate of drug-likeness (QED) is 0.431. The standard InChI is InChI=1S/C18H20N4O5S/c1-13-5-4-6-17(11-13)21(28(3,26)27)12-18(23)20-19-14(2)15-7-9-16(10-8-15)22(24)25/h4-11H,12H2,1-3H3,(H,20,23)/b19-14-. The highest BCUT2D eigenvalue weighted by atomic mass is 32.2. The molecule has 10 heteroatoms. The highest BCUT2D eigenvalue weighted by Gasteiger charge is 2.20. The maximum Gasteiger partial charge on any atom is 0.269 e. The zero-order valence-electron chi connectivity index (χ0n) is 15.6. The van der Waals surface area contributed by atoms with Crippen molar-refractivity contribution in [3.8, 4) is 0 Å². The van der Waals surface area contributed by atoms with Crippen LogP contribution in [0.5, 0.6) is 0 Å². The van der Waals surface area contributed by atoms with Crippen LogP contribution in [0, 0.1) is 17.0 Å². The molecule has 0 aromatic heterocycles. The molecule has 2 rings (SSSR count). The molecule has 2 aromatic carbocycles. The Hall–Kier alpha value is -3.27. The van der Waals surface area contributed by atoms with Gasteiger partial charge in [0.2, 0.25) is 10.0 Å². The van der Waals surface area contributed by atoms with E-state index in [1.54, 1.807) is 25.1 Å². The third-order valence-electron chi connectivity index (χ3n) is 3.82. The van der Waals surface area contributed by atoms with E-state index in [1.807, 2.05) is 13.0 Å². The van der Waals surface area contributed by atoms with Gasteiger partial charge < -0.3 is 0 Å². The number of carbonyl (C=O) groups is 1. The second-order valence-corrected chi connectivity index (χ2v) is 8.05. The van der Waals surface area contributed by atoms with Crippen molar-refractivity contribution in [3.05, 3.63) is 69.8 Å². The first-order chi connectivity index (χ1) is 13.1. The van der Waals surface area contributed by atoms with Crippen molar-refractivity contribution in [2.24, 2.45) is 5.10 Å². The van der Waals surface area contributed by atoms with Crippen molar-refractivity contribution in [2.75, 3.05) is 17.1 Å². The zero-order chi connectivity index (χ0) is 20.9. The molecule has 0 aliphatic rings. The van der Waals surface area contributed by atoms with Crippen LogP contribution in [0.2, 0.25) is 0 Å². The number of nitro benzene ring substituents is 1. The molecule has 0 bridgehead atoms. The molecule has 9 nitrogen and oxygen atoms in total. The molecule has 1 amide bonds. The minimum atomic E-state index is -3.67. The maximum atomic E-state index is 12.2. The van der Waals surface area contributed by atoms with Gasteiger partial charge >= 0.3 is 0 Å². The van der Waals surface area contributed by atoms with E-state index in [1.165, 1.54) is 24.3 Å². The fourth-order valence-electron chi connectivity index (χ4n) is 2.38. The largest absolute Gasteiger partial charge is 0.271 e. The molecule has 148 valence electrons. The van der Waals surface area contributed by atoms with Gasteiger partial charge in [-0.15, -0.1) is 0 Å². The summed E-state index contributed by atoms with van der Waals surface area (Å²) in [5, 5.41) is 14.6. The molecule has 0 spiro atoms. The van der Waals surface area contributed by atoms with E-state index in [2.05, 4.69) is 10.5 Å². The van der Waals surface area contributed by atoms with Crippen LogP contribution in [-0.4, -0.2) is 37.8 Å². The summed E-state index contributed by atoms with van der Waals surface area (Å²) in [6.45, 7) is 3.01. The number of hydrogen-bond acceptors (Lipinski definition) is 6. The average Bonchev–Trinajstić information content (AvgIpc) is 2.63. The Labute approximate surface area is 162 Å². The molecule has 0 atom stereocenters. The van der Waals surface area contributed by atoms with Crippen molar-refractivity contribution in [3.63, 3.8) is 0 Å². The van der Waals surface area contributed by atoms with Crippen molar-refractivity contribution < 1.29 is 18.1 Å². The smallest absolute Gasteiger partial charge is 0.269 e. The third kappa shape index (κ3) is 5.61. The fraction of sp³-hybridized carbons (Fsp3) is 0.222. The topological polar surface area (TPSA) is 122 Å². The second-order valence-electron chi connectivity index (χ2n) is 6.14. The molecule has 0 saturated heterocycles. The Balaban J connectivity index is 2.12. The molecule has 28 heavy (non-hydrogen) atoms. The van der Waals surface area contributed by atoms with Gasteiger partial charge in [0.1, 0.15) is 6.54 Å². The van der Waals surface area contributed by atoms with E-state index in [-0.39, 0.29) is 5.69 Å². The lowest BCUT2D eigenvalue weighted by Gasteiger charge is -2.21. The molecular weight excluding hydrogens is 384 g/mol. The molecule has 0 fully saturated rings. The SMILES string of the molecule is C/C(=N/NC(=O)CN(c1cccc(C)c1)S(C)(=O)=O)c1ccc([N+](=O)[O-])cc1. The van der Waals surface area contributed by atoms with Crippen molar-refractivity contribution >= 4 is 33.0 Å². The Kier molecular flexibility index (Phi) is 6.47. The minimum Gasteiger partial charge on any atom is -0.271 e. The molecule has 0 saturated carbocycles. The Morgan fingerprint density at radius 2 is 1.86 bits per heavy atom. The number of nitrogens with one attached hydrogen (secondary N) is 1. The highest BCUT2D eigenvalue weighted by Crippen LogP contribution is 2.18. The number of sulfonamides is 1. The number of nitrogens with zero attached hydrogens (tertiary/aromatic N) is 3. The number of non-ortho nitro benzene ring substituents is 1. The molecule has 0 aliphatic carbocycles. The normalized spacial score (nSPS) is 11.8. The van der Waals surface area contributed by atoms with Crippen LogP contribution in [0.3, 0.4) is 0 Å². The van der Waals surface area contributed by atoms with Gasteiger partial charge in [-0.25, -0.2) is 13.8 Å². The van der Waals surface area contributed by atoms with E-state index < -0.39 is 27.4 Å². The first-order valence-corrected chi connectivity index (χ1v) is 10.0.